The largest absolute Gasteiger partial charge is 0.477 e. The minimum atomic E-state index is -1.01. The lowest BCUT2D eigenvalue weighted by Gasteiger charge is -1.93. The maximum atomic E-state index is 10.8. The van der Waals surface area contributed by atoms with E-state index in [2.05, 4.69) is 9.97 Å². The number of benzene rings is 1. The van der Waals surface area contributed by atoms with Gasteiger partial charge in [-0.15, -0.1) is 0 Å². The molecule has 0 bridgehead atoms. The van der Waals surface area contributed by atoms with Crippen LogP contribution in [0.25, 0.3) is 21.9 Å². The summed E-state index contributed by atoms with van der Waals surface area (Å²) in [5, 5.41) is 9.83. The molecule has 0 aliphatic carbocycles. The second-order valence-electron chi connectivity index (χ2n) is 3.57. The van der Waals surface area contributed by atoms with Gasteiger partial charge in [-0.1, -0.05) is 18.2 Å². The van der Waals surface area contributed by atoms with Crippen LogP contribution in [0.1, 0.15) is 10.5 Å². The maximum Gasteiger partial charge on any atom is 0.354 e. The Labute approximate surface area is 90.5 Å². The fourth-order valence-electron chi connectivity index (χ4n) is 1.83. The average molecular weight is 212 g/mol. The van der Waals surface area contributed by atoms with Crippen molar-refractivity contribution in [3.8, 4) is 0 Å². The number of aromatic amines is 1. The van der Waals surface area contributed by atoms with Gasteiger partial charge in [0.1, 0.15) is 5.69 Å². The molecule has 0 amide bonds. The minimum absolute atomic E-state index is 0.0669. The second kappa shape index (κ2) is 3.06. The number of carboxylic acid groups (broad SMARTS) is 1. The van der Waals surface area contributed by atoms with E-state index in [1.807, 2.05) is 24.3 Å². The highest BCUT2D eigenvalue weighted by molar-refractivity contribution is 6.05. The van der Waals surface area contributed by atoms with Gasteiger partial charge in [-0.3, -0.25) is 0 Å². The molecule has 1 aromatic carbocycles. The summed E-state index contributed by atoms with van der Waals surface area (Å²) >= 11 is 0. The Morgan fingerprint density at radius 1 is 1.12 bits per heavy atom. The van der Waals surface area contributed by atoms with E-state index in [4.69, 9.17) is 5.11 Å². The molecule has 0 aliphatic rings. The average Bonchev–Trinajstić information content (AvgIpc) is 2.66. The van der Waals surface area contributed by atoms with Crippen molar-refractivity contribution >= 4 is 27.9 Å². The molecule has 2 aromatic heterocycles. The number of rotatable bonds is 1. The van der Waals surface area contributed by atoms with Gasteiger partial charge in [-0.05, 0) is 18.2 Å². The Morgan fingerprint density at radius 3 is 2.75 bits per heavy atom. The monoisotopic (exact) mass is 212 g/mol. The standard InChI is InChI=1S/C12H8N2O2/c15-12(16)10-6-5-9-11(14-10)7-3-1-2-4-8(7)13-9/h1-6,13H,(H,15,16). The smallest absolute Gasteiger partial charge is 0.354 e. The summed E-state index contributed by atoms with van der Waals surface area (Å²) < 4.78 is 0. The molecule has 0 saturated heterocycles. The van der Waals surface area contributed by atoms with Crippen LogP contribution in [0.3, 0.4) is 0 Å². The number of hydrogen-bond acceptors (Lipinski definition) is 2. The summed E-state index contributed by atoms with van der Waals surface area (Å²) in [6.07, 6.45) is 0. The Morgan fingerprint density at radius 2 is 1.94 bits per heavy atom. The first-order valence-corrected chi connectivity index (χ1v) is 4.86. The second-order valence-corrected chi connectivity index (χ2v) is 3.57. The molecule has 0 fully saturated rings. The minimum Gasteiger partial charge on any atom is -0.477 e. The van der Waals surface area contributed by atoms with Crippen LogP contribution in [0.5, 0.6) is 0 Å². The Kier molecular flexibility index (Phi) is 1.71. The van der Waals surface area contributed by atoms with E-state index >= 15 is 0 Å². The van der Waals surface area contributed by atoms with Gasteiger partial charge < -0.3 is 10.1 Å². The first-order chi connectivity index (χ1) is 7.75. The number of H-pyrrole nitrogens is 1. The molecule has 3 aromatic rings. The zero-order chi connectivity index (χ0) is 11.1. The molecule has 0 radical (unpaired) electrons. The van der Waals surface area contributed by atoms with E-state index in [1.165, 1.54) is 6.07 Å². The molecule has 0 spiro atoms. The number of fused-ring (bicyclic) bond motifs is 3. The van der Waals surface area contributed by atoms with E-state index < -0.39 is 5.97 Å². The molecular weight excluding hydrogens is 204 g/mol. The van der Waals surface area contributed by atoms with E-state index in [1.54, 1.807) is 6.07 Å². The van der Waals surface area contributed by atoms with Crippen molar-refractivity contribution in [2.45, 2.75) is 0 Å². The van der Waals surface area contributed by atoms with Gasteiger partial charge in [0, 0.05) is 10.9 Å². The Hall–Kier alpha value is -2.36. The van der Waals surface area contributed by atoms with Gasteiger partial charge in [0.2, 0.25) is 0 Å². The number of para-hydroxylation sites is 1. The lowest BCUT2D eigenvalue weighted by atomic mass is 10.2. The van der Waals surface area contributed by atoms with Crippen molar-refractivity contribution in [3.63, 3.8) is 0 Å². The molecule has 16 heavy (non-hydrogen) atoms. The number of aromatic carboxylic acids is 1. The third kappa shape index (κ3) is 1.16. The van der Waals surface area contributed by atoms with Crippen molar-refractivity contribution in [1.29, 1.82) is 0 Å². The van der Waals surface area contributed by atoms with Crippen molar-refractivity contribution in [3.05, 3.63) is 42.1 Å². The first kappa shape index (κ1) is 8.91. The number of carbonyl (C=O) groups is 1. The number of nitrogens with one attached hydrogen (secondary N) is 1. The zero-order valence-electron chi connectivity index (χ0n) is 8.27. The lowest BCUT2D eigenvalue weighted by molar-refractivity contribution is 0.0691. The van der Waals surface area contributed by atoms with E-state index in [9.17, 15) is 4.79 Å². The molecule has 3 rings (SSSR count). The van der Waals surface area contributed by atoms with Crippen LogP contribution in [0.15, 0.2) is 36.4 Å². The summed E-state index contributed by atoms with van der Waals surface area (Å²) in [4.78, 5) is 18.2. The Balaban J connectivity index is 2.44. The Bertz CT molecular complexity index is 700. The molecule has 4 nitrogen and oxygen atoms in total. The summed E-state index contributed by atoms with van der Waals surface area (Å²) in [5.41, 5.74) is 2.59. The topological polar surface area (TPSA) is 66.0 Å². The van der Waals surface area contributed by atoms with Crippen LogP contribution in [0.2, 0.25) is 0 Å². The van der Waals surface area contributed by atoms with Crippen molar-refractivity contribution in [1.82, 2.24) is 9.97 Å². The van der Waals surface area contributed by atoms with Gasteiger partial charge in [0.05, 0.1) is 11.0 Å². The fourth-order valence-corrected chi connectivity index (χ4v) is 1.83. The van der Waals surface area contributed by atoms with E-state index in [0.29, 0.717) is 5.52 Å². The molecule has 0 atom stereocenters. The van der Waals surface area contributed by atoms with Gasteiger partial charge in [-0.2, -0.15) is 0 Å². The number of aromatic nitrogens is 2. The summed E-state index contributed by atoms with van der Waals surface area (Å²) in [5.74, 6) is -1.01. The van der Waals surface area contributed by atoms with Gasteiger partial charge >= 0.3 is 5.97 Å². The molecule has 0 saturated carbocycles. The zero-order valence-corrected chi connectivity index (χ0v) is 8.27. The van der Waals surface area contributed by atoms with E-state index in [0.717, 1.165) is 16.4 Å². The molecule has 0 aliphatic heterocycles. The summed E-state index contributed by atoms with van der Waals surface area (Å²) in [6, 6.07) is 10.9. The molecule has 2 N–H and O–H groups in total. The SMILES string of the molecule is O=C(O)c1ccc2[nH]c3ccccc3c2n1. The molecular formula is C12H8N2O2. The first-order valence-electron chi connectivity index (χ1n) is 4.86. The third-order valence-electron chi connectivity index (χ3n) is 2.57. The number of nitrogens with zero attached hydrogens (tertiary/aromatic N) is 1. The molecule has 78 valence electrons. The van der Waals surface area contributed by atoms with Crippen molar-refractivity contribution in [2.75, 3.05) is 0 Å². The highest BCUT2D eigenvalue weighted by Crippen LogP contribution is 2.23. The number of hydrogen-bond donors (Lipinski definition) is 2. The predicted octanol–water partition coefficient (Wildman–Crippen LogP) is 2.41. The summed E-state index contributed by atoms with van der Waals surface area (Å²) in [6.45, 7) is 0. The van der Waals surface area contributed by atoms with Crippen LogP contribution in [0, 0.1) is 0 Å². The van der Waals surface area contributed by atoms with Gasteiger partial charge in [-0.25, -0.2) is 9.78 Å². The van der Waals surface area contributed by atoms with Crippen LogP contribution in [-0.4, -0.2) is 21.0 Å². The van der Waals surface area contributed by atoms with Gasteiger partial charge in [0.15, 0.2) is 0 Å². The summed E-state index contributed by atoms with van der Waals surface area (Å²) in [7, 11) is 0. The van der Waals surface area contributed by atoms with Crippen molar-refractivity contribution in [2.24, 2.45) is 0 Å². The van der Waals surface area contributed by atoms with Gasteiger partial charge in [0.25, 0.3) is 0 Å². The van der Waals surface area contributed by atoms with Crippen LogP contribution in [0.4, 0.5) is 0 Å². The highest BCUT2D eigenvalue weighted by Gasteiger charge is 2.09. The maximum absolute atomic E-state index is 10.8. The van der Waals surface area contributed by atoms with E-state index in [-0.39, 0.29) is 5.69 Å². The lowest BCUT2D eigenvalue weighted by Crippen LogP contribution is -1.98. The molecule has 0 unspecified atom stereocenters. The highest BCUT2D eigenvalue weighted by atomic mass is 16.4. The normalized spacial score (nSPS) is 11.0. The predicted molar refractivity (Wildman–Crippen MR) is 60.6 cm³/mol. The van der Waals surface area contributed by atoms with Crippen molar-refractivity contribution < 1.29 is 9.90 Å². The van der Waals surface area contributed by atoms with Crippen LogP contribution in [-0.2, 0) is 0 Å². The van der Waals surface area contributed by atoms with Crippen LogP contribution >= 0.6 is 0 Å². The quantitative estimate of drug-likeness (QED) is 0.651. The van der Waals surface area contributed by atoms with Crippen LogP contribution < -0.4 is 0 Å². The number of carboxylic acids is 1. The fraction of sp³-hybridized carbons (Fsp3) is 0. The molecule has 2 heterocycles. The molecule has 4 heteroatoms. The third-order valence-corrected chi connectivity index (χ3v) is 2.57. The number of pyridine rings is 1.